The smallest absolute Gasteiger partial charge is 0.331 e. The number of carboxylic acids is 1. The zero-order valence-corrected chi connectivity index (χ0v) is 34.1. The molecule has 6 aliphatic rings. The van der Waals surface area contributed by atoms with E-state index < -0.39 is 36.4 Å². The number of esters is 1. The topological polar surface area (TPSA) is 138 Å². The number of hydrogen-bond acceptors (Lipinski definition) is 9. The summed E-state index contributed by atoms with van der Waals surface area (Å²) in [5.74, 6) is -0.995. The van der Waals surface area contributed by atoms with Gasteiger partial charge in [0.2, 0.25) is 0 Å². The van der Waals surface area contributed by atoms with Crippen LogP contribution in [0.3, 0.4) is 0 Å². The average molecular weight is 789 g/mol. The molecule has 0 aromatic rings. The first-order valence-corrected chi connectivity index (χ1v) is 21.1. The molecule has 6 heterocycles. The van der Waals surface area contributed by atoms with Crippen LogP contribution in [-0.4, -0.2) is 89.0 Å². The number of aliphatic hydroxyl groups is 1. The third-order valence-electron chi connectivity index (χ3n) is 11.7. The van der Waals surface area contributed by atoms with Gasteiger partial charge in [-0.3, -0.25) is 9.59 Å². The van der Waals surface area contributed by atoms with Crippen LogP contribution in [0.5, 0.6) is 0 Å². The fourth-order valence-corrected chi connectivity index (χ4v) is 8.22. The van der Waals surface area contributed by atoms with Crippen LogP contribution in [0.25, 0.3) is 0 Å². The second-order valence-electron chi connectivity index (χ2n) is 16.3. The van der Waals surface area contributed by atoms with E-state index in [9.17, 15) is 19.5 Å². The number of carbonyl (C=O) groups excluding carboxylic acids is 2. The van der Waals surface area contributed by atoms with Crippen LogP contribution in [-0.2, 0) is 38.1 Å². The van der Waals surface area contributed by atoms with E-state index in [2.05, 4.69) is 44.2 Å². The Labute approximate surface area is 339 Å². The Morgan fingerprint density at radius 1 is 0.789 bits per heavy atom. The summed E-state index contributed by atoms with van der Waals surface area (Å²) in [4.78, 5) is 37.0. The summed E-state index contributed by atoms with van der Waals surface area (Å²) >= 11 is 0. The normalized spacial score (nSPS) is 36.8. The van der Waals surface area contributed by atoms with Crippen LogP contribution < -0.4 is 0 Å². The lowest BCUT2D eigenvalue weighted by Gasteiger charge is -2.37. The van der Waals surface area contributed by atoms with Gasteiger partial charge in [-0.25, -0.2) is 4.79 Å². The molecule has 10 heteroatoms. The van der Waals surface area contributed by atoms with Crippen molar-refractivity contribution in [2.24, 2.45) is 17.8 Å². The molecule has 312 valence electrons. The third kappa shape index (κ3) is 13.7. The predicted octanol–water partition coefficient (Wildman–Crippen LogP) is 8.04. The molecular weight excluding hydrogens is 725 g/mol. The van der Waals surface area contributed by atoms with Gasteiger partial charge in [0, 0.05) is 43.6 Å². The van der Waals surface area contributed by atoms with Crippen LogP contribution in [0.15, 0.2) is 96.7 Å². The molecule has 0 aliphatic carbocycles. The lowest BCUT2D eigenvalue weighted by molar-refractivity contribution is -0.156. The van der Waals surface area contributed by atoms with Crippen LogP contribution in [0.4, 0.5) is 0 Å². The Bertz CT molecular complexity index is 1580. The maximum absolute atomic E-state index is 13.1. The van der Waals surface area contributed by atoms with E-state index >= 15 is 0 Å². The molecule has 0 aromatic heterocycles. The minimum atomic E-state index is -0.780. The molecule has 7 bridgehead atoms. The van der Waals surface area contributed by atoms with Gasteiger partial charge in [-0.2, -0.15) is 0 Å². The molecule has 3 saturated heterocycles. The standard InChI is InChI=1S/C47H64O10/c1-31(18-15-16-24-45(50)51)28-32(2)47-41-27-26-35(53-47)19-11-7-5-6-8-12-20-36(48)43-29-37(49)33(3)38(54-43)22-17-23-39-34(4)42-30-44(55-39)40(56-42)21-13-9-10-14-25-46(52)57-41/h7-14,17,21,23,25-28,31,33-35,37-44,47,49H,5-6,15-16,18-20,22,24,29-30H2,1-4H3,(H,50,51)/b10-9?,11-7?,12-8?,21-13?,23-17?,25-14+,32-28+. The van der Waals surface area contributed by atoms with Crippen molar-refractivity contribution in [3.63, 3.8) is 0 Å². The van der Waals surface area contributed by atoms with Gasteiger partial charge < -0.3 is 33.9 Å². The van der Waals surface area contributed by atoms with E-state index in [0.717, 1.165) is 37.7 Å². The molecule has 57 heavy (non-hydrogen) atoms. The summed E-state index contributed by atoms with van der Waals surface area (Å²) in [6.07, 6.45) is 32.4. The fraction of sp³-hybridized carbons (Fsp3) is 0.596. The number of allylic oxidation sites excluding steroid dienone is 8. The average Bonchev–Trinajstić information content (AvgIpc) is 3.53. The van der Waals surface area contributed by atoms with E-state index in [1.165, 1.54) is 6.08 Å². The second-order valence-corrected chi connectivity index (χ2v) is 16.3. The van der Waals surface area contributed by atoms with Crippen LogP contribution >= 0.6 is 0 Å². The number of ether oxygens (including phenoxy) is 5. The van der Waals surface area contributed by atoms with Crippen LogP contribution in [0.2, 0.25) is 0 Å². The number of Topliss-reactive ketones (excluding diaryl/α,β-unsaturated/α-hetero) is 1. The fourth-order valence-electron chi connectivity index (χ4n) is 8.22. The summed E-state index contributed by atoms with van der Waals surface area (Å²) in [5, 5.41) is 19.8. The van der Waals surface area contributed by atoms with Crippen LogP contribution in [0.1, 0.15) is 98.3 Å². The van der Waals surface area contributed by atoms with Gasteiger partial charge in [-0.15, -0.1) is 0 Å². The molecule has 0 aromatic carbocycles. The Hall–Kier alpha value is -3.67. The Kier molecular flexibility index (Phi) is 17.5. The molecule has 6 rings (SSSR count). The minimum absolute atomic E-state index is 0.0172. The highest BCUT2D eigenvalue weighted by Crippen LogP contribution is 2.38. The maximum atomic E-state index is 13.1. The predicted molar refractivity (Wildman–Crippen MR) is 219 cm³/mol. The van der Waals surface area contributed by atoms with Crippen molar-refractivity contribution in [2.45, 2.75) is 159 Å². The van der Waals surface area contributed by atoms with Crippen molar-refractivity contribution < 1.29 is 48.3 Å². The lowest BCUT2D eigenvalue weighted by atomic mass is 9.86. The van der Waals surface area contributed by atoms with Gasteiger partial charge in [-0.05, 0) is 63.0 Å². The summed E-state index contributed by atoms with van der Waals surface area (Å²) in [5.41, 5.74) is 0.963. The quantitative estimate of drug-likeness (QED) is 0.148. The molecule has 2 N–H and O–H groups in total. The number of unbranched alkanes of at least 4 members (excludes halogenated alkanes) is 1. The zero-order valence-electron chi connectivity index (χ0n) is 34.1. The van der Waals surface area contributed by atoms with Gasteiger partial charge in [0.15, 0.2) is 11.9 Å². The molecule has 13 unspecified atom stereocenters. The first-order chi connectivity index (χ1) is 27.5. The minimum Gasteiger partial charge on any atom is -0.481 e. The van der Waals surface area contributed by atoms with E-state index in [4.69, 9.17) is 28.8 Å². The molecule has 10 nitrogen and oxygen atoms in total. The molecule has 0 radical (unpaired) electrons. The first kappa shape index (κ1) is 44.4. The van der Waals surface area contributed by atoms with E-state index in [0.29, 0.717) is 25.7 Å². The van der Waals surface area contributed by atoms with E-state index in [1.54, 1.807) is 12.2 Å². The molecule has 0 spiro atoms. The molecule has 0 saturated carbocycles. The number of ketones is 1. The molecule has 13 atom stereocenters. The SMILES string of the molecule is C/C(=C\C(C)CCCCC(=O)O)C1OC2C=CC1OC(=O)/C=C/C=CC=CC1OC3CC1OC(C=CCC1OC(CC(O)C1C)C(=O)CC=CCCC=CC2)C3C. The van der Waals surface area contributed by atoms with Gasteiger partial charge in [0.25, 0.3) is 0 Å². The highest BCUT2D eigenvalue weighted by Gasteiger charge is 2.45. The monoisotopic (exact) mass is 788 g/mol. The Balaban J connectivity index is 1.27. The molecule has 0 amide bonds. The lowest BCUT2D eigenvalue weighted by Crippen LogP contribution is -2.45. The summed E-state index contributed by atoms with van der Waals surface area (Å²) in [6, 6.07) is 0. The molecular formula is C47H64O10. The number of carbonyl (C=O) groups is 3. The molecule has 6 aliphatic heterocycles. The summed E-state index contributed by atoms with van der Waals surface area (Å²) in [6.45, 7) is 8.22. The van der Waals surface area contributed by atoms with E-state index in [-0.39, 0.29) is 73.0 Å². The number of aliphatic hydroxyl groups excluding tert-OH is 1. The van der Waals surface area contributed by atoms with Crippen molar-refractivity contribution >= 4 is 17.7 Å². The van der Waals surface area contributed by atoms with Gasteiger partial charge in [0.05, 0.1) is 36.6 Å². The number of carboxylic acid groups (broad SMARTS) is 1. The highest BCUT2D eigenvalue weighted by atomic mass is 16.6. The maximum Gasteiger partial charge on any atom is 0.331 e. The van der Waals surface area contributed by atoms with E-state index in [1.807, 2.05) is 56.4 Å². The third-order valence-corrected chi connectivity index (χ3v) is 11.7. The highest BCUT2D eigenvalue weighted by molar-refractivity contribution is 5.84. The van der Waals surface area contributed by atoms with Gasteiger partial charge >= 0.3 is 11.9 Å². The van der Waals surface area contributed by atoms with Crippen molar-refractivity contribution in [2.75, 3.05) is 0 Å². The summed E-state index contributed by atoms with van der Waals surface area (Å²) in [7, 11) is 0. The van der Waals surface area contributed by atoms with Crippen molar-refractivity contribution in [1.82, 2.24) is 0 Å². The first-order valence-electron chi connectivity index (χ1n) is 21.1. The number of fused-ring (bicyclic) bond motifs is 13. The number of rotatable bonds is 7. The van der Waals surface area contributed by atoms with Crippen molar-refractivity contribution in [1.29, 1.82) is 0 Å². The summed E-state index contributed by atoms with van der Waals surface area (Å²) < 4.78 is 31.5. The Morgan fingerprint density at radius 3 is 2.37 bits per heavy atom. The van der Waals surface area contributed by atoms with Crippen molar-refractivity contribution in [3.05, 3.63) is 96.7 Å². The van der Waals surface area contributed by atoms with Crippen molar-refractivity contribution in [3.8, 4) is 0 Å². The van der Waals surface area contributed by atoms with Gasteiger partial charge in [0.1, 0.15) is 18.3 Å². The number of aliphatic carboxylic acids is 1. The Morgan fingerprint density at radius 2 is 1.56 bits per heavy atom. The zero-order chi connectivity index (χ0) is 40.7. The van der Waals surface area contributed by atoms with Crippen LogP contribution in [0, 0.1) is 17.8 Å². The molecule has 3 fully saturated rings. The second kappa shape index (κ2) is 22.5. The number of hydrogen-bond donors (Lipinski definition) is 2. The van der Waals surface area contributed by atoms with Gasteiger partial charge in [-0.1, -0.05) is 106 Å². The largest absolute Gasteiger partial charge is 0.481 e.